The number of amides is 1. The number of piperazine rings is 1. The van der Waals surface area contributed by atoms with Crippen LogP contribution in [0, 0.1) is 17.6 Å². The van der Waals surface area contributed by atoms with E-state index in [1.807, 2.05) is 4.90 Å². The summed E-state index contributed by atoms with van der Waals surface area (Å²) < 4.78 is 32.6. The van der Waals surface area contributed by atoms with Crippen LogP contribution < -0.4 is 0 Å². The number of hydrogen-bond acceptors (Lipinski definition) is 4. The minimum atomic E-state index is -0.827. The second-order valence-electron chi connectivity index (χ2n) is 7.56. The van der Waals surface area contributed by atoms with Crippen molar-refractivity contribution < 1.29 is 18.1 Å². The maximum Gasteiger partial charge on any atom is 0.276 e. The van der Waals surface area contributed by atoms with Gasteiger partial charge in [-0.2, -0.15) is 0 Å². The third kappa shape index (κ3) is 3.60. The van der Waals surface area contributed by atoms with Gasteiger partial charge >= 0.3 is 0 Å². The first-order valence-corrected chi connectivity index (χ1v) is 9.45. The van der Waals surface area contributed by atoms with Gasteiger partial charge in [-0.05, 0) is 24.8 Å². The third-order valence-corrected chi connectivity index (χ3v) is 5.57. The average molecular weight is 375 g/mol. The lowest BCUT2D eigenvalue weighted by atomic mass is 9.88. The van der Waals surface area contributed by atoms with Crippen molar-refractivity contribution in [1.29, 1.82) is 0 Å². The van der Waals surface area contributed by atoms with E-state index in [0.29, 0.717) is 49.9 Å². The van der Waals surface area contributed by atoms with Crippen molar-refractivity contribution in [2.75, 3.05) is 26.2 Å². The van der Waals surface area contributed by atoms with E-state index in [1.165, 1.54) is 6.07 Å². The summed E-state index contributed by atoms with van der Waals surface area (Å²) in [4.78, 5) is 16.7. The molecule has 1 aromatic heterocycles. The molecule has 1 aliphatic carbocycles. The summed E-state index contributed by atoms with van der Waals surface area (Å²) in [5.41, 5.74) is 1.75. The SMILES string of the molecule is CC1CCc2onc(C(=O)N3CCN(Cc4cccc(F)c4F)CC3)c2C1. The summed E-state index contributed by atoms with van der Waals surface area (Å²) >= 11 is 0. The van der Waals surface area contributed by atoms with E-state index < -0.39 is 11.6 Å². The molecule has 0 saturated carbocycles. The molecule has 2 aromatic rings. The molecule has 7 heteroatoms. The Morgan fingerprint density at radius 2 is 2.04 bits per heavy atom. The summed E-state index contributed by atoms with van der Waals surface area (Å²) in [6.45, 7) is 4.80. The van der Waals surface area contributed by atoms with E-state index in [-0.39, 0.29) is 5.91 Å². The molecule has 0 spiro atoms. The Labute approximate surface area is 156 Å². The highest BCUT2D eigenvalue weighted by molar-refractivity contribution is 5.94. The number of rotatable bonds is 3. The van der Waals surface area contributed by atoms with Crippen molar-refractivity contribution in [3.8, 4) is 0 Å². The summed E-state index contributed by atoms with van der Waals surface area (Å²) in [5.74, 6) is -0.338. The lowest BCUT2D eigenvalue weighted by molar-refractivity contribution is 0.0616. The molecule has 2 heterocycles. The highest BCUT2D eigenvalue weighted by atomic mass is 19.2. The average Bonchev–Trinajstić information content (AvgIpc) is 3.08. The van der Waals surface area contributed by atoms with E-state index in [2.05, 4.69) is 12.1 Å². The smallest absolute Gasteiger partial charge is 0.276 e. The van der Waals surface area contributed by atoms with Gasteiger partial charge in [0, 0.05) is 50.3 Å². The maximum absolute atomic E-state index is 13.9. The predicted octanol–water partition coefficient (Wildman–Crippen LogP) is 3.04. The number of aromatic nitrogens is 1. The Balaban J connectivity index is 1.39. The molecule has 1 atom stereocenters. The molecule has 5 nitrogen and oxygen atoms in total. The normalized spacial score (nSPS) is 20.6. The Morgan fingerprint density at radius 3 is 2.81 bits per heavy atom. The van der Waals surface area contributed by atoms with Crippen LogP contribution in [-0.4, -0.2) is 47.0 Å². The van der Waals surface area contributed by atoms with E-state index >= 15 is 0 Å². The van der Waals surface area contributed by atoms with Crippen molar-refractivity contribution in [3.63, 3.8) is 0 Å². The fourth-order valence-electron chi connectivity index (χ4n) is 3.92. The zero-order valence-corrected chi connectivity index (χ0v) is 15.4. The van der Waals surface area contributed by atoms with Gasteiger partial charge in [-0.1, -0.05) is 24.2 Å². The van der Waals surface area contributed by atoms with Gasteiger partial charge < -0.3 is 9.42 Å². The van der Waals surface area contributed by atoms with E-state index in [9.17, 15) is 13.6 Å². The fraction of sp³-hybridized carbons (Fsp3) is 0.500. The summed E-state index contributed by atoms with van der Waals surface area (Å²) in [7, 11) is 0. The van der Waals surface area contributed by atoms with Crippen LogP contribution in [0.5, 0.6) is 0 Å². The molecule has 4 rings (SSSR count). The highest BCUT2D eigenvalue weighted by Crippen LogP contribution is 2.28. The molecule has 0 radical (unpaired) electrons. The van der Waals surface area contributed by atoms with Gasteiger partial charge in [0.2, 0.25) is 0 Å². The zero-order valence-electron chi connectivity index (χ0n) is 15.4. The van der Waals surface area contributed by atoms with Gasteiger partial charge in [-0.3, -0.25) is 9.69 Å². The van der Waals surface area contributed by atoms with Crippen molar-refractivity contribution in [2.45, 2.75) is 32.7 Å². The molecule has 2 aliphatic rings. The number of aryl methyl sites for hydroxylation is 1. The first kappa shape index (κ1) is 18.1. The number of fused-ring (bicyclic) bond motifs is 1. The molecule has 1 saturated heterocycles. The van der Waals surface area contributed by atoms with Crippen LogP contribution >= 0.6 is 0 Å². The second kappa shape index (κ2) is 7.38. The second-order valence-corrected chi connectivity index (χ2v) is 7.56. The Morgan fingerprint density at radius 1 is 1.26 bits per heavy atom. The minimum absolute atomic E-state index is 0.0920. The fourth-order valence-corrected chi connectivity index (χ4v) is 3.92. The Hall–Kier alpha value is -2.28. The monoisotopic (exact) mass is 375 g/mol. The van der Waals surface area contributed by atoms with E-state index in [4.69, 9.17) is 4.52 Å². The van der Waals surface area contributed by atoms with Crippen molar-refractivity contribution in [1.82, 2.24) is 15.0 Å². The third-order valence-electron chi connectivity index (χ3n) is 5.57. The maximum atomic E-state index is 13.9. The quantitative estimate of drug-likeness (QED) is 0.828. The van der Waals surface area contributed by atoms with Gasteiger partial charge in [0.1, 0.15) is 5.76 Å². The molecule has 0 bridgehead atoms. The molecule has 1 fully saturated rings. The summed E-state index contributed by atoms with van der Waals surface area (Å²) in [6, 6.07) is 4.23. The van der Waals surface area contributed by atoms with E-state index in [0.717, 1.165) is 36.7 Å². The predicted molar refractivity (Wildman–Crippen MR) is 95.2 cm³/mol. The summed E-state index contributed by atoms with van der Waals surface area (Å²) in [5, 5.41) is 4.04. The van der Waals surface area contributed by atoms with Crippen LogP contribution in [0.1, 0.15) is 40.7 Å². The van der Waals surface area contributed by atoms with Gasteiger partial charge in [-0.15, -0.1) is 0 Å². The number of carbonyl (C=O) groups excluding carboxylic acids is 1. The number of halogens is 2. The van der Waals surface area contributed by atoms with Gasteiger partial charge in [-0.25, -0.2) is 8.78 Å². The molecule has 144 valence electrons. The van der Waals surface area contributed by atoms with Crippen LogP contribution in [0.15, 0.2) is 22.7 Å². The van der Waals surface area contributed by atoms with Gasteiger partial charge in [0.25, 0.3) is 5.91 Å². The van der Waals surface area contributed by atoms with Crippen molar-refractivity contribution >= 4 is 5.91 Å². The van der Waals surface area contributed by atoms with Crippen LogP contribution in [0.3, 0.4) is 0 Å². The molecule has 1 aromatic carbocycles. The molecule has 1 aliphatic heterocycles. The number of nitrogens with zero attached hydrogens (tertiary/aromatic N) is 3. The molecular weight excluding hydrogens is 352 g/mol. The van der Waals surface area contributed by atoms with Crippen LogP contribution in [0.25, 0.3) is 0 Å². The number of hydrogen-bond donors (Lipinski definition) is 0. The molecule has 1 amide bonds. The largest absolute Gasteiger partial charge is 0.360 e. The lowest BCUT2D eigenvalue weighted by Crippen LogP contribution is -2.48. The zero-order chi connectivity index (χ0) is 19.0. The Kier molecular flexibility index (Phi) is 4.95. The molecular formula is C20H23F2N3O2. The van der Waals surface area contributed by atoms with Crippen LogP contribution in [0.2, 0.25) is 0 Å². The molecule has 27 heavy (non-hydrogen) atoms. The van der Waals surface area contributed by atoms with Gasteiger partial charge in [0.05, 0.1) is 0 Å². The topological polar surface area (TPSA) is 49.6 Å². The van der Waals surface area contributed by atoms with Crippen LogP contribution in [0.4, 0.5) is 8.78 Å². The highest BCUT2D eigenvalue weighted by Gasteiger charge is 2.31. The van der Waals surface area contributed by atoms with Gasteiger partial charge in [0.15, 0.2) is 17.3 Å². The molecule has 0 N–H and O–H groups in total. The first-order valence-electron chi connectivity index (χ1n) is 9.45. The molecule has 1 unspecified atom stereocenters. The van der Waals surface area contributed by atoms with Crippen molar-refractivity contribution in [2.24, 2.45) is 5.92 Å². The standard InChI is InChI=1S/C20H23F2N3O2/c1-13-5-6-17-15(11-13)19(23-27-17)20(26)25-9-7-24(8-10-25)12-14-3-2-4-16(21)18(14)22/h2-4,13H,5-12H2,1H3. The van der Waals surface area contributed by atoms with E-state index in [1.54, 1.807) is 11.0 Å². The van der Waals surface area contributed by atoms with Crippen molar-refractivity contribution in [3.05, 3.63) is 52.4 Å². The van der Waals surface area contributed by atoms with Crippen LogP contribution in [-0.2, 0) is 19.4 Å². The lowest BCUT2D eigenvalue weighted by Gasteiger charge is -2.34. The number of carbonyl (C=O) groups is 1. The number of benzene rings is 1. The first-order chi connectivity index (χ1) is 13.0. The minimum Gasteiger partial charge on any atom is -0.360 e. The Bertz CT molecular complexity index is 844. The summed E-state index contributed by atoms with van der Waals surface area (Å²) in [6.07, 6.45) is 2.73.